The second-order valence-electron chi connectivity index (χ2n) is 5.50. The maximum Gasteiger partial charge on any atom is 0.462 e. The van der Waals surface area contributed by atoms with E-state index in [0.717, 1.165) is 0 Å². The van der Waals surface area contributed by atoms with E-state index in [2.05, 4.69) is 5.10 Å². The molecule has 0 aliphatic heterocycles. The molecule has 0 saturated heterocycles. The molecule has 3 nitrogen and oxygen atoms in total. The summed E-state index contributed by atoms with van der Waals surface area (Å²) < 4.78 is 106. The van der Waals surface area contributed by atoms with E-state index in [4.69, 9.17) is 4.74 Å². The van der Waals surface area contributed by atoms with Gasteiger partial charge in [-0.1, -0.05) is 12.1 Å². The zero-order valence-corrected chi connectivity index (χ0v) is 13.8. The van der Waals surface area contributed by atoms with Gasteiger partial charge in [-0.05, 0) is 47.5 Å². The predicted molar refractivity (Wildman–Crippen MR) is 83.9 cm³/mol. The monoisotopic (exact) mass is 412 g/mol. The molecule has 0 saturated carbocycles. The molecule has 0 aromatic heterocycles. The Morgan fingerprint density at radius 3 is 2.14 bits per heavy atom. The van der Waals surface area contributed by atoms with Crippen LogP contribution in [0.5, 0.6) is 5.75 Å². The van der Waals surface area contributed by atoms with Crippen molar-refractivity contribution in [2.45, 2.75) is 24.8 Å². The number of hydrogen-bond donors (Lipinski definition) is 1. The van der Waals surface area contributed by atoms with Gasteiger partial charge in [-0.25, -0.2) is 9.82 Å². The Kier molecular flexibility index (Phi) is 6.15. The van der Waals surface area contributed by atoms with Gasteiger partial charge in [0.1, 0.15) is 18.2 Å². The maximum atomic E-state index is 13.0. The summed E-state index contributed by atoms with van der Waals surface area (Å²) in [5.41, 5.74) is 1.20. The summed E-state index contributed by atoms with van der Waals surface area (Å²) in [6.45, 7) is 0.0471. The van der Waals surface area contributed by atoms with Gasteiger partial charge in [-0.2, -0.15) is 35.8 Å². The molecule has 0 amide bonds. The van der Waals surface area contributed by atoms with Crippen LogP contribution in [0.1, 0.15) is 11.1 Å². The molecule has 2 aromatic rings. The number of alkyl halides is 7. The molecular formula is C17H12F8N2O. The van der Waals surface area contributed by atoms with Crippen molar-refractivity contribution in [2.75, 3.05) is 0 Å². The van der Waals surface area contributed by atoms with E-state index in [-0.39, 0.29) is 12.2 Å². The highest BCUT2D eigenvalue weighted by atomic mass is 19.4. The SMILES string of the molecule is Fc1cccc(COc2ccc(/C=N/NC(F)(F)C(F)(F)C(F)(F)F)cc2)c1. The highest BCUT2D eigenvalue weighted by molar-refractivity contribution is 5.79. The molecule has 2 aromatic carbocycles. The van der Waals surface area contributed by atoms with Crippen LogP contribution in [0.25, 0.3) is 0 Å². The molecule has 28 heavy (non-hydrogen) atoms. The zero-order valence-electron chi connectivity index (χ0n) is 13.8. The van der Waals surface area contributed by atoms with Gasteiger partial charge >= 0.3 is 18.1 Å². The van der Waals surface area contributed by atoms with Crippen LogP contribution in [0.4, 0.5) is 35.1 Å². The molecule has 0 heterocycles. The molecular weight excluding hydrogens is 400 g/mol. The second-order valence-corrected chi connectivity index (χ2v) is 5.50. The van der Waals surface area contributed by atoms with Crippen molar-refractivity contribution in [1.29, 1.82) is 0 Å². The molecule has 0 aliphatic rings. The minimum atomic E-state index is -6.44. The lowest BCUT2D eigenvalue weighted by Gasteiger charge is -2.27. The molecule has 0 spiro atoms. The lowest BCUT2D eigenvalue weighted by atomic mass is 10.2. The fraction of sp³-hybridized carbons (Fsp3) is 0.235. The summed E-state index contributed by atoms with van der Waals surface area (Å²) in [5.74, 6) is -6.41. The minimum absolute atomic E-state index is 0.0471. The van der Waals surface area contributed by atoms with E-state index in [1.54, 1.807) is 6.07 Å². The first-order valence-corrected chi connectivity index (χ1v) is 7.52. The Hall–Kier alpha value is -2.85. The number of hydrazone groups is 1. The van der Waals surface area contributed by atoms with Gasteiger partial charge in [0, 0.05) is 0 Å². The van der Waals surface area contributed by atoms with E-state index in [0.29, 0.717) is 23.0 Å². The summed E-state index contributed by atoms with van der Waals surface area (Å²) in [7, 11) is 0. The molecule has 0 fully saturated rings. The van der Waals surface area contributed by atoms with Crippen molar-refractivity contribution in [2.24, 2.45) is 5.10 Å². The van der Waals surface area contributed by atoms with Gasteiger partial charge in [-0.3, -0.25) is 0 Å². The van der Waals surface area contributed by atoms with Crippen LogP contribution >= 0.6 is 0 Å². The Bertz CT molecular complexity index is 819. The smallest absolute Gasteiger partial charge is 0.462 e. The largest absolute Gasteiger partial charge is 0.489 e. The van der Waals surface area contributed by atoms with E-state index < -0.39 is 24.0 Å². The summed E-state index contributed by atoms with van der Waals surface area (Å²) >= 11 is 0. The molecule has 11 heteroatoms. The highest BCUT2D eigenvalue weighted by Crippen LogP contribution is 2.44. The van der Waals surface area contributed by atoms with Crippen molar-refractivity contribution in [3.8, 4) is 5.75 Å². The Balaban J connectivity index is 1.94. The Labute approximate surface area is 153 Å². The predicted octanol–water partition coefficient (Wildman–Crippen LogP) is 5.12. The lowest BCUT2D eigenvalue weighted by Crippen LogP contribution is -2.58. The molecule has 2 rings (SSSR count). The first kappa shape index (κ1) is 21.5. The number of halogens is 8. The summed E-state index contributed by atoms with van der Waals surface area (Å²) in [4.78, 5) is 0. The molecule has 0 atom stereocenters. The molecule has 0 aliphatic carbocycles. The van der Waals surface area contributed by atoms with E-state index in [1.165, 1.54) is 42.5 Å². The van der Waals surface area contributed by atoms with Crippen LogP contribution in [0.2, 0.25) is 0 Å². The van der Waals surface area contributed by atoms with Gasteiger partial charge in [-0.15, -0.1) is 0 Å². The third kappa shape index (κ3) is 5.11. The van der Waals surface area contributed by atoms with E-state index in [1.807, 2.05) is 0 Å². The van der Waals surface area contributed by atoms with Crippen molar-refractivity contribution >= 4 is 6.21 Å². The topological polar surface area (TPSA) is 33.6 Å². The fourth-order valence-electron chi connectivity index (χ4n) is 1.88. The van der Waals surface area contributed by atoms with E-state index >= 15 is 0 Å². The third-order valence-electron chi connectivity index (χ3n) is 3.34. The number of benzene rings is 2. The van der Waals surface area contributed by atoms with Gasteiger partial charge in [0.2, 0.25) is 0 Å². The van der Waals surface area contributed by atoms with Crippen molar-refractivity contribution < 1.29 is 39.9 Å². The van der Waals surface area contributed by atoms with Crippen molar-refractivity contribution in [3.63, 3.8) is 0 Å². The second kappa shape index (κ2) is 8.03. The maximum absolute atomic E-state index is 13.0. The average molecular weight is 412 g/mol. The van der Waals surface area contributed by atoms with Crippen LogP contribution in [0.15, 0.2) is 53.6 Å². The first-order chi connectivity index (χ1) is 12.9. The summed E-state index contributed by atoms with van der Waals surface area (Å²) in [6.07, 6.45) is -5.81. The van der Waals surface area contributed by atoms with Crippen LogP contribution in [-0.2, 0) is 6.61 Å². The van der Waals surface area contributed by atoms with Gasteiger partial charge in [0.15, 0.2) is 0 Å². The molecule has 0 bridgehead atoms. The number of rotatable bonds is 7. The van der Waals surface area contributed by atoms with E-state index in [9.17, 15) is 35.1 Å². The summed E-state index contributed by atoms with van der Waals surface area (Å²) in [5, 5.41) is 2.74. The quantitative estimate of drug-likeness (QED) is 0.297. The number of nitrogens with zero attached hydrogens (tertiary/aromatic N) is 1. The van der Waals surface area contributed by atoms with Gasteiger partial charge in [0.05, 0.1) is 6.21 Å². The average Bonchev–Trinajstić information content (AvgIpc) is 2.60. The normalized spacial score (nSPS) is 13.0. The lowest BCUT2D eigenvalue weighted by molar-refractivity contribution is -0.361. The van der Waals surface area contributed by atoms with Crippen LogP contribution in [-0.4, -0.2) is 24.4 Å². The highest BCUT2D eigenvalue weighted by Gasteiger charge is 2.73. The molecule has 0 radical (unpaired) electrons. The number of hydrogen-bond acceptors (Lipinski definition) is 3. The summed E-state index contributed by atoms with van der Waals surface area (Å²) in [6, 6.07) is 5.38. The Morgan fingerprint density at radius 1 is 0.929 bits per heavy atom. The zero-order chi connectivity index (χ0) is 21.0. The van der Waals surface area contributed by atoms with Crippen molar-refractivity contribution in [1.82, 2.24) is 5.43 Å². The minimum Gasteiger partial charge on any atom is -0.489 e. The number of ether oxygens (including phenoxy) is 1. The molecule has 152 valence electrons. The van der Waals surface area contributed by atoms with Crippen LogP contribution in [0.3, 0.4) is 0 Å². The van der Waals surface area contributed by atoms with Crippen LogP contribution < -0.4 is 10.2 Å². The van der Waals surface area contributed by atoms with Gasteiger partial charge in [0.25, 0.3) is 0 Å². The molecule has 1 N–H and O–H groups in total. The fourth-order valence-corrected chi connectivity index (χ4v) is 1.88. The number of nitrogens with one attached hydrogen (secondary N) is 1. The van der Waals surface area contributed by atoms with Gasteiger partial charge < -0.3 is 4.74 Å². The third-order valence-corrected chi connectivity index (χ3v) is 3.34. The Morgan fingerprint density at radius 2 is 1.57 bits per heavy atom. The van der Waals surface area contributed by atoms with Crippen molar-refractivity contribution in [3.05, 3.63) is 65.5 Å². The van der Waals surface area contributed by atoms with Crippen LogP contribution in [0, 0.1) is 5.82 Å². The first-order valence-electron chi connectivity index (χ1n) is 7.52. The molecule has 0 unspecified atom stereocenters. The standard InChI is InChI=1S/C17H12F8N2O/c18-13-3-1-2-12(8-13)10-28-14-6-4-11(5-7-14)9-26-27-17(24,25)15(19,20)16(21,22)23/h1-9,27H,10H2/b26-9+.